The number of rotatable bonds is 4. The van der Waals surface area contributed by atoms with Crippen LogP contribution in [-0.4, -0.2) is 25.7 Å². The Morgan fingerprint density at radius 3 is 2.73 bits per heavy atom. The van der Waals surface area contributed by atoms with Gasteiger partial charge in [0.1, 0.15) is 16.5 Å². The fraction of sp³-hybridized carbons (Fsp3) is 0.136. The summed E-state index contributed by atoms with van der Waals surface area (Å²) in [6, 6.07) is 15.5. The number of benzene rings is 2. The normalized spacial score (nSPS) is 12.5. The molecule has 0 aliphatic heterocycles. The SMILES string of the molecule is Cc1nn(-c2ccc(F)cc2)c2sc(C(=O)NC(C)c3nc4ccccc4[nH]3)cc12. The minimum absolute atomic E-state index is 0.172. The fourth-order valence-corrected chi connectivity index (χ4v) is 4.52. The second-order valence-electron chi connectivity index (χ2n) is 7.14. The third-order valence-corrected chi connectivity index (χ3v) is 6.11. The fourth-order valence-electron chi connectivity index (χ4n) is 3.43. The third-order valence-electron chi connectivity index (χ3n) is 5.01. The van der Waals surface area contributed by atoms with E-state index >= 15 is 0 Å². The van der Waals surface area contributed by atoms with Crippen molar-refractivity contribution in [3.8, 4) is 5.69 Å². The van der Waals surface area contributed by atoms with Crippen LogP contribution in [0.2, 0.25) is 0 Å². The number of fused-ring (bicyclic) bond motifs is 2. The maximum absolute atomic E-state index is 13.3. The van der Waals surface area contributed by atoms with Gasteiger partial charge in [-0.15, -0.1) is 11.3 Å². The highest BCUT2D eigenvalue weighted by Gasteiger charge is 2.20. The van der Waals surface area contributed by atoms with Gasteiger partial charge in [-0.25, -0.2) is 14.1 Å². The molecule has 3 aromatic heterocycles. The predicted octanol–water partition coefficient (Wildman–Crippen LogP) is 4.90. The van der Waals surface area contributed by atoms with Gasteiger partial charge in [-0.3, -0.25) is 4.79 Å². The Labute approximate surface area is 175 Å². The summed E-state index contributed by atoms with van der Waals surface area (Å²) in [5.74, 6) is 0.234. The van der Waals surface area contributed by atoms with Crippen LogP contribution >= 0.6 is 11.3 Å². The van der Waals surface area contributed by atoms with E-state index in [9.17, 15) is 9.18 Å². The van der Waals surface area contributed by atoms with Gasteiger partial charge in [0, 0.05) is 5.39 Å². The lowest BCUT2D eigenvalue weighted by atomic mass is 10.2. The molecule has 0 spiro atoms. The van der Waals surface area contributed by atoms with Crippen molar-refractivity contribution in [2.24, 2.45) is 0 Å². The van der Waals surface area contributed by atoms with E-state index in [4.69, 9.17) is 0 Å². The van der Waals surface area contributed by atoms with Gasteiger partial charge in [-0.2, -0.15) is 5.10 Å². The van der Waals surface area contributed by atoms with Crippen LogP contribution in [0.1, 0.15) is 34.2 Å². The highest BCUT2D eigenvalue weighted by Crippen LogP contribution is 2.31. The van der Waals surface area contributed by atoms with Crippen molar-refractivity contribution < 1.29 is 9.18 Å². The first-order chi connectivity index (χ1) is 14.5. The Balaban J connectivity index is 1.43. The molecule has 3 heterocycles. The van der Waals surface area contributed by atoms with Crippen LogP contribution in [0.3, 0.4) is 0 Å². The number of aromatic amines is 1. The van der Waals surface area contributed by atoms with E-state index < -0.39 is 0 Å². The molecule has 2 aromatic carbocycles. The minimum Gasteiger partial charge on any atom is -0.342 e. The van der Waals surface area contributed by atoms with E-state index in [1.165, 1.54) is 23.5 Å². The minimum atomic E-state index is -0.301. The number of carbonyl (C=O) groups excluding carboxylic acids is 1. The molecule has 0 aliphatic carbocycles. The van der Waals surface area contributed by atoms with Gasteiger partial charge in [-0.05, 0) is 56.3 Å². The van der Waals surface area contributed by atoms with E-state index in [-0.39, 0.29) is 17.8 Å². The molecule has 0 bridgehead atoms. The highest BCUT2D eigenvalue weighted by atomic mass is 32.1. The van der Waals surface area contributed by atoms with Crippen LogP contribution in [0.4, 0.5) is 4.39 Å². The predicted molar refractivity (Wildman–Crippen MR) is 116 cm³/mol. The average molecular weight is 419 g/mol. The zero-order chi connectivity index (χ0) is 20.8. The first-order valence-electron chi connectivity index (χ1n) is 9.50. The zero-order valence-electron chi connectivity index (χ0n) is 16.3. The number of nitrogens with zero attached hydrogens (tertiary/aromatic N) is 3. The van der Waals surface area contributed by atoms with Gasteiger partial charge in [0.05, 0.1) is 33.3 Å². The molecule has 0 aliphatic rings. The Hall–Kier alpha value is -3.52. The Morgan fingerprint density at radius 1 is 1.20 bits per heavy atom. The van der Waals surface area contributed by atoms with Gasteiger partial charge in [0.15, 0.2) is 0 Å². The number of nitrogens with one attached hydrogen (secondary N) is 2. The maximum Gasteiger partial charge on any atom is 0.262 e. The molecular formula is C22H18FN5OS. The number of hydrogen-bond acceptors (Lipinski definition) is 4. The van der Waals surface area contributed by atoms with Crippen LogP contribution in [-0.2, 0) is 0 Å². The molecule has 5 aromatic rings. The van der Waals surface area contributed by atoms with Crippen molar-refractivity contribution in [3.63, 3.8) is 0 Å². The van der Waals surface area contributed by atoms with Crippen molar-refractivity contribution >= 4 is 38.5 Å². The lowest BCUT2D eigenvalue weighted by molar-refractivity contribution is 0.0942. The number of para-hydroxylation sites is 2. The molecule has 1 atom stereocenters. The summed E-state index contributed by atoms with van der Waals surface area (Å²) in [7, 11) is 0. The lowest BCUT2D eigenvalue weighted by Crippen LogP contribution is -2.26. The van der Waals surface area contributed by atoms with Crippen molar-refractivity contribution in [1.29, 1.82) is 0 Å². The molecule has 0 saturated heterocycles. The summed E-state index contributed by atoms with van der Waals surface area (Å²) >= 11 is 1.36. The van der Waals surface area contributed by atoms with E-state index in [1.807, 2.05) is 44.2 Å². The van der Waals surface area contributed by atoms with Crippen molar-refractivity contribution in [2.45, 2.75) is 19.9 Å². The van der Waals surface area contributed by atoms with Crippen LogP contribution in [0.5, 0.6) is 0 Å². The summed E-state index contributed by atoms with van der Waals surface area (Å²) < 4.78 is 15.0. The number of halogens is 1. The smallest absolute Gasteiger partial charge is 0.262 e. The Morgan fingerprint density at radius 2 is 1.97 bits per heavy atom. The lowest BCUT2D eigenvalue weighted by Gasteiger charge is -2.10. The van der Waals surface area contributed by atoms with Crippen LogP contribution in [0.15, 0.2) is 54.6 Å². The summed E-state index contributed by atoms with van der Waals surface area (Å²) in [5.41, 5.74) is 3.37. The van der Waals surface area contributed by atoms with Gasteiger partial charge in [-0.1, -0.05) is 12.1 Å². The third kappa shape index (κ3) is 3.15. The van der Waals surface area contributed by atoms with E-state index in [0.717, 1.165) is 32.6 Å². The Bertz CT molecular complexity index is 1350. The number of thiophene rings is 1. The number of aryl methyl sites for hydroxylation is 1. The molecule has 0 radical (unpaired) electrons. The molecule has 30 heavy (non-hydrogen) atoms. The van der Waals surface area contributed by atoms with E-state index in [1.54, 1.807) is 16.8 Å². The summed E-state index contributed by atoms with van der Waals surface area (Å²) in [6.45, 7) is 3.79. The van der Waals surface area contributed by atoms with Gasteiger partial charge < -0.3 is 10.3 Å². The molecule has 8 heteroatoms. The number of carbonyl (C=O) groups is 1. The first-order valence-corrected chi connectivity index (χ1v) is 10.3. The molecule has 1 amide bonds. The molecule has 150 valence electrons. The van der Waals surface area contributed by atoms with Gasteiger partial charge >= 0.3 is 0 Å². The number of hydrogen-bond donors (Lipinski definition) is 2. The van der Waals surface area contributed by atoms with E-state index in [0.29, 0.717) is 10.7 Å². The molecule has 6 nitrogen and oxygen atoms in total. The van der Waals surface area contributed by atoms with Crippen LogP contribution in [0.25, 0.3) is 26.9 Å². The van der Waals surface area contributed by atoms with Crippen molar-refractivity contribution in [3.05, 3.63) is 76.8 Å². The monoisotopic (exact) mass is 419 g/mol. The van der Waals surface area contributed by atoms with Crippen molar-refractivity contribution in [1.82, 2.24) is 25.1 Å². The Kier molecular flexibility index (Phi) is 4.36. The number of amides is 1. The standard InChI is InChI=1S/C22H18FN5OS/c1-12-16-11-19(30-22(16)28(27-12)15-9-7-14(23)8-10-15)21(29)24-13(2)20-25-17-5-3-4-6-18(17)26-20/h3-11,13H,1-2H3,(H,24,29)(H,25,26). The number of imidazole rings is 1. The highest BCUT2D eigenvalue weighted by molar-refractivity contribution is 7.20. The number of H-pyrrole nitrogens is 1. The van der Waals surface area contributed by atoms with E-state index in [2.05, 4.69) is 20.4 Å². The summed E-state index contributed by atoms with van der Waals surface area (Å²) in [5, 5.41) is 8.46. The van der Waals surface area contributed by atoms with Gasteiger partial charge in [0.2, 0.25) is 0 Å². The van der Waals surface area contributed by atoms with Crippen LogP contribution in [0, 0.1) is 12.7 Å². The zero-order valence-corrected chi connectivity index (χ0v) is 17.1. The molecule has 0 fully saturated rings. The largest absolute Gasteiger partial charge is 0.342 e. The maximum atomic E-state index is 13.3. The average Bonchev–Trinajstić information content (AvgIpc) is 3.43. The first kappa shape index (κ1) is 18.5. The summed E-state index contributed by atoms with van der Waals surface area (Å²) in [6.07, 6.45) is 0. The van der Waals surface area contributed by atoms with Gasteiger partial charge in [0.25, 0.3) is 5.91 Å². The quantitative estimate of drug-likeness (QED) is 0.435. The second-order valence-corrected chi connectivity index (χ2v) is 8.17. The second kappa shape index (κ2) is 7.07. The molecular weight excluding hydrogens is 401 g/mol. The molecule has 0 saturated carbocycles. The van der Waals surface area contributed by atoms with Crippen molar-refractivity contribution in [2.75, 3.05) is 0 Å². The molecule has 2 N–H and O–H groups in total. The molecule has 5 rings (SSSR count). The summed E-state index contributed by atoms with van der Waals surface area (Å²) in [4.78, 5) is 22.1. The number of aromatic nitrogens is 4. The topological polar surface area (TPSA) is 75.6 Å². The van der Waals surface area contributed by atoms with Crippen LogP contribution < -0.4 is 5.32 Å². The molecule has 1 unspecified atom stereocenters.